The Morgan fingerprint density at radius 1 is 1.42 bits per heavy atom. The lowest BCUT2D eigenvalue weighted by atomic mass is 9.92. The Kier molecular flexibility index (Phi) is 3.59. The van der Waals surface area contributed by atoms with Crippen LogP contribution in [0.4, 0.5) is 0 Å². The van der Waals surface area contributed by atoms with E-state index >= 15 is 0 Å². The quantitative estimate of drug-likeness (QED) is 0.884. The second-order valence-corrected chi connectivity index (χ2v) is 6.42. The zero-order valence-corrected chi connectivity index (χ0v) is 12.2. The molecule has 1 saturated heterocycles. The van der Waals surface area contributed by atoms with Gasteiger partial charge in [-0.1, -0.05) is 12.8 Å². The van der Waals surface area contributed by atoms with Gasteiger partial charge >= 0.3 is 0 Å². The van der Waals surface area contributed by atoms with Crippen LogP contribution in [0.1, 0.15) is 43.7 Å². The first-order valence-electron chi connectivity index (χ1n) is 7.57. The summed E-state index contributed by atoms with van der Waals surface area (Å²) in [4.78, 5) is 6.85. The molecule has 1 aliphatic carbocycles. The van der Waals surface area contributed by atoms with Crippen molar-refractivity contribution in [1.82, 2.24) is 15.2 Å². The zero-order valence-electron chi connectivity index (χ0n) is 12.2. The molecule has 2 fully saturated rings. The van der Waals surface area contributed by atoms with Crippen molar-refractivity contribution in [2.75, 3.05) is 13.1 Å². The van der Waals surface area contributed by atoms with Gasteiger partial charge in [-0.25, -0.2) is 0 Å². The average molecular weight is 259 g/mol. The van der Waals surface area contributed by atoms with Crippen molar-refractivity contribution in [1.29, 1.82) is 0 Å². The van der Waals surface area contributed by atoms with Crippen LogP contribution in [0.15, 0.2) is 18.5 Å². The summed E-state index contributed by atoms with van der Waals surface area (Å²) in [5.74, 6) is 0. The highest BCUT2D eigenvalue weighted by atomic mass is 15.2. The van der Waals surface area contributed by atoms with E-state index in [2.05, 4.69) is 35.1 Å². The fraction of sp³-hybridized carbons (Fsp3) is 0.688. The average Bonchev–Trinajstić information content (AvgIpc) is 2.85. The molecule has 1 N–H and O–H groups in total. The summed E-state index contributed by atoms with van der Waals surface area (Å²) in [5, 5.41) is 3.82. The molecular formula is C16H25N3. The molecule has 0 amide bonds. The first-order chi connectivity index (χ1) is 9.19. The van der Waals surface area contributed by atoms with Gasteiger partial charge < -0.3 is 5.32 Å². The van der Waals surface area contributed by atoms with E-state index in [4.69, 9.17) is 0 Å². The maximum Gasteiger partial charge on any atom is 0.0309 e. The fourth-order valence-corrected chi connectivity index (χ4v) is 3.59. The topological polar surface area (TPSA) is 28.2 Å². The largest absolute Gasteiger partial charge is 0.308 e. The molecule has 1 saturated carbocycles. The highest BCUT2D eigenvalue weighted by molar-refractivity contribution is 5.21. The number of hydrogen-bond donors (Lipinski definition) is 1. The van der Waals surface area contributed by atoms with Gasteiger partial charge in [-0.05, 0) is 43.9 Å². The molecule has 19 heavy (non-hydrogen) atoms. The molecule has 0 aromatic carbocycles. The molecule has 1 aromatic rings. The smallest absolute Gasteiger partial charge is 0.0309 e. The number of hydrogen-bond acceptors (Lipinski definition) is 3. The fourth-order valence-electron chi connectivity index (χ4n) is 3.59. The molecule has 2 aliphatic rings. The molecular weight excluding hydrogens is 234 g/mol. The number of piperazine rings is 1. The van der Waals surface area contributed by atoms with E-state index in [1.165, 1.54) is 43.4 Å². The number of pyridine rings is 1. The van der Waals surface area contributed by atoms with Crippen LogP contribution in [0.2, 0.25) is 0 Å². The summed E-state index contributed by atoms with van der Waals surface area (Å²) < 4.78 is 0. The molecule has 3 nitrogen and oxygen atoms in total. The van der Waals surface area contributed by atoms with Crippen molar-refractivity contribution < 1.29 is 0 Å². The van der Waals surface area contributed by atoms with Crippen LogP contribution in [-0.4, -0.2) is 34.6 Å². The summed E-state index contributed by atoms with van der Waals surface area (Å²) in [5.41, 5.74) is 3.15. The van der Waals surface area contributed by atoms with Crippen LogP contribution < -0.4 is 5.32 Å². The van der Waals surface area contributed by atoms with Crippen LogP contribution in [0, 0.1) is 6.92 Å². The van der Waals surface area contributed by atoms with Crippen molar-refractivity contribution in [3.63, 3.8) is 0 Å². The molecule has 3 heteroatoms. The summed E-state index contributed by atoms with van der Waals surface area (Å²) in [6.07, 6.45) is 9.39. The van der Waals surface area contributed by atoms with Crippen LogP contribution in [-0.2, 0) is 6.54 Å². The Morgan fingerprint density at radius 2 is 2.21 bits per heavy atom. The minimum Gasteiger partial charge on any atom is -0.308 e. The minimum atomic E-state index is 0.410. The minimum absolute atomic E-state index is 0.410. The van der Waals surface area contributed by atoms with Crippen LogP contribution in [0.25, 0.3) is 0 Å². The predicted molar refractivity (Wildman–Crippen MR) is 78.0 cm³/mol. The van der Waals surface area contributed by atoms with Crippen LogP contribution in [0.3, 0.4) is 0 Å². The Bertz CT molecular complexity index is 437. The van der Waals surface area contributed by atoms with Crippen molar-refractivity contribution in [3.8, 4) is 0 Å². The Balaban J connectivity index is 1.73. The predicted octanol–water partition coefficient (Wildman–Crippen LogP) is 2.50. The van der Waals surface area contributed by atoms with Crippen molar-refractivity contribution in [3.05, 3.63) is 29.6 Å². The monoisotopic (exact) mass is 259 g/mol. The lowest BCUT2D eigenvalue weighted by Gasteiger charge is -2.45. The number of aryl methyl sites for hydroxylation is 1. The van der Waals surface area contributed by atoms with Gasteiger partial charge in [0.15, 0.2) is 0 Å². The van der Waals surface area contributed by atoms with Gasteiger partial charge in [-0.3, -0.25) is 9.88 Å². The maximum absolute atomic E-state index is 4.20. The molecule has 3 rings (SSSR count). The second kappa shape index (κ2) is 5.22. The summed E-state index contributed by atoms with van der Waals surface area (Å²) >= 11 is 0. The van der Waals surface area contributed by atoms with E-state index in [0.29, 0.717) is 11.6 Å². The van der Waals surface area contributed by atoms with Crippen molar-refractivity contribution >= 4 is 0 Å². The van der Waals surface area contributed by atoms with E-state index in [9.17, 15) is 0 Å². The van der Waals surface area contributed by atoms with Crippen LogP contribution >= 0.6 is 0 Å². The molecule has 0 bridgehead atoms. The molecule has 1 atom stereocenters. The molecule has 0 radical (unpaired) electrons. The third-order valence-corrected chi connectivity index (χ3v) is 4.97. The molecule has 1 aliphatic heterocycles. The van der Waals surface area contributed by atoms with Gasteiger partial charge in [0.05, 0.1) is 0 Å². The van der Waals surface area contributed by atoms with Gasteiger partial charge in [0, 0.05) is 43.6 Å². The highest BCUT2D eigenvalue weighted by Gasteiger charge is 2.39. The van der Waals surface area contributed by atoms with E-state index < -0.39 is 0 Å². The van der Waals surface area contributed by atoms with Gasteiger partial charge in [0.1, 0.15) is 0 Å². The number of rotatable bonds is 2. The zero-order chi connectivity index (χ0) is 13.3. The Morgan fingerprint density at radius 3 is 2.95 bits per heavy atom. The Hall–Kier alpha value is -0.930. The summed E-state index contributed by atoms with van der Waals surface area (Å²) in [6, 6.07) is 2.80. The molecule has 1 spiro atoms. The SMILES string of the molecule is Cc1cnccc1CN1CC2(CCCC2)NCC1C. The highest BCUT2D eigenvalue weighted by Crippen LogP contribution is 2.33. The standard InChI is InChI=1S/C16H25N3/c1-13-9-17-8-5-15(13)11-19-12-16(6-3-4-7-16)18-10-14(19)2/h5,8-9,14,18H,3-4,6-7,10-12H2,1-2H3. The van der Waals surface area contributed by atoms with Gasteiger partial charge in [-0.15, -0.1) is 0 Å². The molecule has 1 aromatic heterocycles. The lowest BCUT2D eigenvalue weighted by Crippen LogP contribution is -2.62. The van der Waals surface area contributed by atoms with Gasteiger partial charge in [-0.2, -0.15) is 0 Å². The van der Waals surface area contributed by atoms with Gasteiger partial charge in [0.25, 0.3) is 0 Å². The van der Waals surface area contributed by atoms with E-state index in [-0.39, 0.29) is 0 Å². The first-order valence-corrected chi connectivity index (χ1v) is 7.57. The van der Waals surface area contributed by atoms with Crippen molar-refractivity contribution in [2.24, 2.45) is 0 Å². The normalized spacial score (nSPS) is 26.9. The number of aromatic nitrogens is 1. The molecule has 1 unspecified atom stereocenters. The molecule has 2 heterocycles. The number of nitrogens with zero attached hydrogens (tertiary/aromatic N) is 2. The van der Waals surface area contributed by atoms with E-state index in [1.54, 1.807) is 0 Å². The maximum atomic E-state index is 4.20. The number of nitrogens with one attached hydrogen (secondary N) is 1. The molecule has 104 valence electrons. The van der Waals surface area contributed by atoms with Crippen molar-refractivity contribution in [2.45, 2.75) is 57.7 Å². The van der Waals surface area contributed by atoms with Gasteiger partial charge in [0.2, 0.25) is 0 Å². The van der Waals surface area contributed by atoms with Crippen LogP contribution in [0.5, 0.6) is 0 Å². The third-order valence-electron chi connectivity index (χ3n) is 4.97. The first kappa shape index (κ1) is 13.1. The summed E-state index contributed by atoms with van der Waals surface area (Å²) in [6.45, 7) is 7.91. The summed E-state index contributed by atoms with van der Waals surface area (Å²) in [7, 11) is 0. The van der Waals surface area contributed by atoms with E-state index in [0.717, 1.165) is 13.1 Å². The van der Waals surface area contributed by atoms with E-state index in [1.807, 2.05) is 12.4 Å². The lowest BCUT2D eigenvalue weighted by molar-refractivity contribution is 0.0825. The second-order valence-electron chi connectivity index (χ2n) is 6.42. The third kappa shape index (κ3) is 2.67. The Labute approximate surface area is 116 Å².